The average molecular weight is 240 g/mol. The molecule has 0 N–H and O–H groups in total. The van der Waals surface area contributed by atoms with Gasteiger partial charge in [0.2, 0.25) is 0 Å². The van der Waals surface area contributed by atoms with Gasteiger partial charge in [-0.25, -0.2) is 0 Å². The van der Waals surface area contributed by atoms with Crippen LogP contribution in [0, 0.1) is 18.3 Å². The van der Waals surface area contributed by atoms with Crippen LogP contribution in [0.15, 0.2) is 24.4 Å². The van der Waals surface area contributed by atoms with Gasteiger partial charge in [-0.2, -0.15) is 10.4 Å². The SMILES string of the molecule is CCc1nc(C)ccc1Oc1nnccc1C#N. The van der Waals surface area contributed by atoms with Crippen LogP contribution in [0.2, 0.25) is 0 Å². The third-order valence-electron chi connectivity index (χ3n) is 2.42. The van der Waals surface area contributed by atoms with E-state index in [-0.39, 0.29) is 5.88 Å². The molecule has 18 heavy (non-hydrogen) atoms. The lowest BCUT2D eigenvalue weighted by atomic mass is 10.2. The van der Waals surface area contributed by atoms with Crippen molar-refractivity contribution >= 4 is 0 Å². The highest BCUT2D eigenvalue weighted by Crippen LogP contribution is 2.25. The minimum atomic E-state index is 0.209. The van der Waals surface area contributed by atoms with Gasteiger partial charge in [0.05, 0.1) is 11.9 Å². The number of ether oxygens (including phenoxy) is 1. The van der Waals surface area contributed by atoms with Gasteiger partial charge in [-0.05, 0) is 31.5 Å². The fourth-order valence-corrected chi connectivity index (χ4v) is 1.53. The van der Waals surface area contributed by atoms with Crippen molar-refractivity contribution in [2.24, 2.45) is 0 Å². The molecule has 0 saturated heterocycles. The predicted octanol–water partition coefficient (Wildman–Crippen LogP) is 2.41. The summed E-state index contributed by atoms with van der Waals surface area (Å²) in [6, 6.07) is 7.27. The van der Waals surface area contributed by atoms with Gasteiger partial charge in [0.15, 0.2) is 5.75 Å². The average Bonchev–Trinajstić information content (AvgIpc) is 2.41. The lowest BCUT2D eigenvalue weighted by molar-refractivity contribution is 0.445. The van der Waals surface area contributed by atoms with E-state index < -0.39 is 0 Å². The van der Waals surface area contributed by atoms with Crippen molar-refractivity contribution in [1.82, 2.24) is 15.2 Å². The first-order valence-corrected chi connectivity index (χ1v) is 5.60. The molecule has 0 spiro atoms. The maximum atomic E-state index is 8.95. The van der Waals surface area contributed by atoms with Gasteiger partial charge in [-0.1, -0.05) is 6.92 Å². The molecule has 0 aliphatic carbocycles. The van der Waals surface area contributed by atoms with Crippen LogP contribution in [0.4, 0.5) is 0 Å². The Bertz CT molecular complexity index is 604. The summed E-state index contributed by atoms with van der Waals surface area (Å²) < 4.78 is 5.62. The lowest BCUT2D eigenvalue weighted by Gasteiger charge is -2.09. The number of pyridine rings is 1. The Kier molecular flexibility index (Phi) is 3.49. The monoisotopic (exact) mass is 240 g/mol. The molecular formula is C13H12N4O. The van der Waals surface area contributed by atoms with E-state index in [0.29, 0.717) is 11.3 Å². The van der Waals surface area contributed by atoms with Gasteiger partial charge in [0.1, 0.15) is 11.6 Å². The molecule has 0 fully saturated rings. The van der Waals surface area contributed by atoms with Crippen LogP contribution >= 0.6 is 0 Å². The zero-order chi connectivity index (χ0) is 13.0. The summed E-state index contributed by atoms with van der Waals surface area (Å²) in [5.74, 6) is 0.820. The fraction of sp³-hybridized carbons (Fsp3) is 0.231. The van der Waals surface area contributed by atoms with Crippen molar-refractivity contribution in [1.29, 1.82) is 5.26 Å². The third-order valence-corrected chi connectivity index (χ3v) is 2.42. The van der Waals surface area contributed by atoms with Crippen LogP contribution in [0.3, 0.4) is 0 Å². The zero-order valence-corrected chi connectivity index (χ0v) is 10.2. The van der Waals surface area contributed by atoms with E-state index >= 15 is 0 Å². The molecule has 0 bridgehead atoms. The number of aromatic nitrogens is 3. The summed E-state index contributed by atoms with van der Waals surface area (Å²) in [4.78, 5) is 4.39. The first-order chi connectivity index (χ1) is 8.74. The molecule has 0 atom stereocenters. The second kappa shape index (κ2) is 5.23. The molecule has 90 valence electrons. The molecule has 5 nitrogen and oxygen atoms in total. The van der Waals surface area contributed by atoms with E-state index in [1.165, 1.54) is 6.20 Å². The summed E-state index contributed by atoms with van der Waals surface area (Å²) in [5.41, 5.74) is 2.12. The summed E-state index contributed by atoms with van der Waals surface area (Å²) in [5, 5.41) is 16.5. The molecule has 0 aromatic carbocycles. The number of nitriles is 1. The maximum Gasteiger partial charge on any atom is 0.257 e. The second-order valence-corrected chi connectivity index (χ2v) is 3.71. The van der Waals surface area contributed by atoms with Crippen LogP contribution in [0.1, 0.15) is 23.9 Å². The van der Waals surface area contributed by atoms with Crippen molar-refractivity contribution in [2.75, 3.05) is 0 Å². The highest BCUT2D eigenvalue weighted by molar-refractivity contribution is 5.40. The lowest BCUT2D eigenvalue weighted by Crippen LogP contribution is -1.99. The minimum Gasteiger partial charge on any atom is -0.435 e. The van der Waals surface area contributed by atoms with E-state index in [9.17, 15) is 0 Å². The molecule has 0 unspecified atom stereocenters. The molecule has 0 radical (unpaired) electrons. The van der Waals surface area contributed by atoms with Crippen LogP contribution in [0.5, 0.6) is 11.6 Å². The topological polar surface area (TPSA) is 71.7 Å². The van der Waals surface area contributed by atoms with E-state index in [4.69, 9.17) is 10.00 Å². The van der Waals surface area contributed by atoms with Gasteiger partial charge in [-0.15, -0.1) is 5.10 Å². The Morgan fingerprint density at radius 3 is 2.89 bits per heavy atom. The number of hydrogen-bond donors (Lipinski definition) is 0. The molecule has 2 aromatic rings. The van der Waals surface area contributed by atoms with Gasteiger partial charge in [0.25, 0.3) is 5.88 Å². The van der Waals surface area contributed by atoms with Crippen molar-refractivity contribution in [3.05, 3.63) is 41.3 Å². The van der Waals surface area contributed by atoms with Gasteiger partial charge < -0.3 is 4.74 Å². The molecule has 2 rings (SSSR count). The molecule has 2 heterocycles. The smallest absolute Gasteiger partial charge is 0.257 e. The molecular weight excluding hydrogens is 228 g/mol. The highest BCUT2D eigenvalue weighted by atomic mass is 16.5. The quantitative estimate of drug-likeness (QED) is 0.823. The van der Waals surface area contributed by atoms with Crippen molar-refractivity contribution < 1.29 is 4.74 Å². The van der Waals surface area contributed by atoms with Crippen molar-refractivity contribution in [2.45, 2.75) is 20.3 Å². The van der Waals surface area contributed by atoms with Crippen molar-refractivity contribution in [3.8, 4) is 17.7 Å². The standard InChI is InChI=1S/C13H12N4O/c1-3-11-12(5-4-9(2)16-11)18-13-10(8-14)6-7-15-17-13/h4-7H,3H2,1-2H3. The van der Waals surface area contributed by atoms with Crippen LogP contribution < -0.4 is 4.74 Å². The summed E-state index contributed by atoms with van der Waals surface area (Å²) >= 11 is 0. The van der Waals surface area contributed by atoms with Gasteiger partial charge in [-0.3, -0.25) is 4.98 Å². The van der Waals surface area contributed by atoms with Gasteiger partial charge >= 0.3 is 0 Å². The molecule has 0 saturated carbocycles. The van der Waals surface area contributed by atoms with Gasteiger partial charge in [0, 0.05) is 5.69 Å². The largest absolute Gasteiger partial charge is 0.435 e. The highest BCUT2D eigenvalue weighted by Gasteiger charge is 2.10. The molecule has 2 aromatic heterocycles. The van der Waals surface area contributed by atoms with E-state index in [2.05, 4.69) is 15.2 Å². The van der Waals surface area contributed by atoms with E-state index in [1.807, 2.05) is 32.0 Å². The van der Waals surface area contributed by atoms with E-state index in [0.717, 1.165) is 17.8 Å². The minimum absolute atomic E-state index is 0.209. The summed E-state index contributed by atoms with van der Waals surface area (Å²) in [6.45, 7) is 3.92. The van der Waals surface area contributed by atoms with Crippen LogP contribution in [-0.4, -0.2) is 15.2 Å². The van der Waals surface area contributed by atoms with Crippen LogP contribution in [-0.2, 0) is 6.42 Å². The third kappa shape index (κ3) is 2.43. The Hall–Kier alpha value is -2.48. The number of hydrogen-bond acceptors (Lipinski definition) is 5. The molecule has 0 aliphatic rings. The second-order valence-electron chi connectivity index (χ2n) is 3.71. The molecule has 0 aliphatic heterocycles. The van der Waals surface area contributed by atoms with E-state index in [1.54, 1.807) is 6.07 Å². The fourth-order valence-electron chi connectivity index (χ4n) is 1.53. The number of aryl methyl sites for hydroxylation is 2. The first kappa shape index (κ1) is 12.0. The Morgan fingerprint density at radius 1 is 1.33 bits per heavy atom. The normalized spacial score (nSPS) is 9.83. The van der Waals surface area contributed by atoms with Crippen LogP contribution in [0.25, 0.3) is 0 Å². The number of rotatable bonds is 3. The Morgan fingerprint density at radius 2 is 2.17 bits per heavy atom. The van der Waals surface area contributed by atoms with Crippen molar-refractivity contribution in [3.63, 3.8) is 0 Å². The number of nitrogens with zero attached hydrogens (tertiary/aromatic N) is 4. The maximum absolute atomic E-state index is 8.95. The summed E-state index contributed by atoms with van der Waals surface area (Å²) in [7, 11) is 0. The first-order valence-electron chi connectivity index (χ1n) is 5.60. The predicted molar refractivity (Wildman–Crippen MR) is 65.2 cm³/mol. The Balaban J connectivity index is 2.37. The zero-order valence-electron chi connectivity index (χ0n) is 10.2. The summed E-state index contributed by atoms with van der Waals surface area (Å²) in [6.07, 6.45) is 2.21. The molecule has 5 heteroatoms. The molecule has 0 amide bonds. The Labute approximate surface area is 105 Å².